The number of ether oxygens (including phenoxy) is 1. The van der Waals surface area contributed by atoms with Crippen LogP contribution in [0.3, 0.4) is 0 Å². The Balaban J connectivity index is 1.88. The van der Waals surface area contributed by atoms with Crippen molar-refractivity contribution in [2.24, 2.45) is 0 Å². The number of fused-ring (bicyclic) bond motifs is 1. The van der Waals surface area contributed by atoms with Crippen molar-refractivity contribution in [3.63, 3.8) is 0 Å². The van der Waals surface area contributed by atoms with Crippen LogP contribution >= 0.6 is 30.8 Å². The number of thiophene rings is 1. The number of benzene rings is 1. The average molecular weight is 418 g/mol. The molecule has 140 valence electrons. The third-order valence-electron chi connectivity index (χ3n) is 4.07. The van der Waals surface area contributed by atoms with E-state index in [1.807, 2.05) is 11.0 Å². The van der Waals surface area contributed by atoms with E-state index in [-0.39, 0.29) is 5.06 Å². The molecule has 7 nitrogen and oxygen atoms in total. The maximum atomic E-state index is 12.4. The Labute approximate surface area is 159 Å². The highest BCUT2D eigenvalue weighted by molar-refractivity contribution is 7.47. The van der Waals surface area contributed by atoms with Crippen LogP contribution in [0.15, 0.2) is 30.3 Å². The molecule has 1 aliphatic heterocycles. The van der Waals surface area contributed by atoms with Crippen LogP contribution in [-0.4, -0.2) is 34.3 Å². The molecule has 0 bridgehead atoms. The van der Waals surface area contributed by atoms with Gasteiger partial charge < -0.3 is 9.26 Å². The molecule has 0 amide bonds. The second kappa shape index (κ2) is 7.68. The van der Waals surface area contributed by atoms with Crippen molar-refractivity contribution in [3.05, 3.63) is 51.4 Å². The van der Waals surface area contributed by atoms with Crippen molar-refractivity contribution >= 4 is 36.7 Å². The van der Waals surface area contributed by atoms with E-state index in [0.717, 1.165) is 10.4 Å². The smallest absolute Gasteiger partial charge is 0.468 e. The predicted molar refractivity (Wildman–Crippen MR) is 97.3 cm³/mol. The Morgan fingerprint density at radius 3 is 2.77 bits per heavy atom. The fourth-order valence-corrected chi connectivity index (χ4v) is 4.85. The maximum Gasteiger partial charge on any atom is 0.525 e. The normalized spacial score (nSPS) is 16.0. The van der Waals surface area contributed by atoms with Crippen LogP contribution in [-0.2, 0) is 27.1 Å². The summed E-state index contributed by atoms with van der Waals surface area (Å²) in [4.78, 5) is 33.3. The fourth-order valence-electron chi connectivity index (χ4n) is 2.99. The summed E-state index contributed by atoms with van der Waals surface area (Å²) in [6.45, 7) is 0.995. The van der Waals surface area contributed by atoms with E-state index in [1.165, 1.54) is 18.4 Å². The molecule has 26 heavy (non-hydrogen) atoms. The SMILES string of the molecule is COC(=O)C(c1ccccc1Cl)N1CCc2sc(OP(=O)(O)O)cc2C1. The van der Waals surface area contributed by atoms with Gasteiger partial charge in [0.25, 0.3) is 0 Å². The quantitative estimate of drug-likeness (QED) is 0.569. The number of carbonyl (C=O) groups excluding carboxylic acids is 1. The lowest BCUT2D eigenvalue weighted by Crippen LogP contribution is -2.38. The van der Waals surface area contributed by atoms with Gasteiger partial charge in [0.2, 0.25) is 0 Å². The minimum absolute atomic E-state index is 0.164. The first-order valence-corrected chi connectivity index (χ1v) is 10.4. The second-order valence-electron chi connectivity index (χ2n) is 5.76. The molecule has 10 heteroatoms. The van der Waals surface area contributed by atoms with Crippen molar-refractivity contribution < 1.29 is 28.4 Å². The first-order valence-electron chi connectivity index (χ1n) is 7.71. The molecule has 0 radical (unpaired) electrons. The van der Waals surface area contributed by atoms with Crippen LogP contribution in [0, 0.1) is 0 Å². The monoisotopic (exact) mass is 417 g/mol. The molecule has 0 saturated carbocycles. The highest BCUT2D eigenvalue weighted by Crippen LogP contribution is 2.44. The standard InChI is InChI=1S/C16H17ClNO6PS/c1-23-16(19)15(11-4-2-3-5-12(11)17)18-7-6-13-10(9-18)8-14(26-13)24-25(20,21)22/h2-5,8,15H,6-7,9H2,1H3,(H2,20,21,22). The van der Waals surface area contributed by atoms with Gasteiger partial charge in [-0.2, -0.15) is 0 Å². The Hall–Kier alpha value is -1.41. The van der Waals surface area contributed by atoms with Gasteiger partial charge >= 0.3 is 13.8 Å². The molecular formula is C16H17ClNO6PS. The van der Waals surface area contributed by atoms with Gasteiger partial charge in [0, 0.05) is 23.0 Å². The highest BCUT2D eigenvalue weighted by Gasteiger charge is 2.33. The maximum absolute atomic E-state index is 12.4. The van der Waals surface area contributed by atoms with Crippen molar-refractivity contribution in [3.8, 4) is 5.06 Å². The van der Waals surface area contributed by atoms with Gasteiger partial charge in [-0.1, -0.05) is 29.8 Å². The van der Waals surface area contributed by atoms with Crippen LogP contribution in [0.1, 0.15) is 22.0 Å². The highest BCUT2D eigenvalue weighted by atomic mass is 35.5. The molecule has 0 fully saturated rings. The number of hydrogen-bond acceptors (Lipinski definition) is 6. The van der Waals surface area contributed by atoms with Gasteiger partial charge in [-0.15, -0.1) is 11.3 Å². The number of rotatable bonds is 5. The second-order valence-corrected chi connectivity index (χ2v) is 8.43. The van der Waals surface area contributed by atoms with E-state index >= 15 is 0 Å². The fraction of sp³-hybridized carbons (Fsp3) is 0.312. The summed E-state index contributed by atoms with van der Waals surface area (Å²) >= 11 is 7.48. The molecular weight excluding hydrogens is 401 g/mol. The average Bonchev–Trinajstić information content (AvgIpc) is 2.96. The molecule has 0 saturated heterocycles. The van der Waals surface area contributed by atoms with Crippen LogP contribution < -0.4 is 4.52 Å². The lowest BCUT2D eigenvalue weighted by molar-refractivity contribution is -0.147. The summed E-state index contributed by atoms with van der Waals surface area (Å²) in [5.41, 5.74) is 1.53. The van der Waals surface area contributed by atoms with Gasteiger partial charge in [-0.25, -0.2) is 9.36 Å². The summed E-state index contributed by atoms with van der Waals surface area (Å²) in [6, 6.07) is 8.05. The Morgan fingerprint density at radius 1 is 1.38 bits per heavy atom. The lowest BCUT2D eigenvalue weighted by Gasteiger charge is -2.33. The molecule has 2 heterocycles. The number of phosphoric acid groups is 1. The third-order valence-corrected chi connectivity index (χ3v) is 6.09. The summed E-state index contributed by atoms with van der Waals surface area (Å²) in [5.74, 6) is -0.413. The van der Waals surface area contributed by atoms with Crippen molar-refractivity contribution in [2.45, 2.75) is 19.0 Å². The minimum Gasteiger partial charge on any atom is -0.468 e. The number of nitrogens with zero attached hydrogens (tertiary/aromatic N) is 1. The van der Waals surface area contributed by atoms with E-state index in [2.05, 4.69) is 4.52 Å². The van der Waals surface area contributed by atoms with E-state index in [1.54, 1.807) is 24.3 Å². The van der Waals surface area contributed by atoms with Crippen molar-refractivity contribution in [2.75, 3.05) is 13.7 Å². The zero-order chi connectivity index (χ0) is 18.9. The Morgan fingerprint density at radius 2 is 2.12 bits per heavy atom. The zero-order valence-corrected chi connectivity index (χ0v) is 16.3. The first kappa shape index (κ1) is 19.4. The molecule has 2 aromatic rings. The van der Waals surface area contributed by atoms with Gasteiger partial charge in [-0.05, 0) is 29.7 Å². The van der Waals surface area contributed by atoms with Gasteiger partial charge in [-0.3, -0.25) is 14.7 Å². The summed E-state index contributed by atoms with van der Waals surface area (Å²) < 4.78 is 20.7. The van der Waals surface area contributed by atoms with Gasteiger partial charge in [0.05, 0.1) is 7.11 Å². The molecule has 1 unspecified atom stereocenters. The number of hydrogen-bond donors (Lipinski definition) is 2. The van der Waals surface area contributed by atoms with Crippen LogP contribution in [0.4, 0.5) is 0 Å². The molecule has 2 N–H and O–H groups in total. The van der Waals surface area contributed by atoms with Gasteiger partial charge in [0.15, 0.2) is 5.06 Å². The first-order chi connectivity index (χ1) is 12.3. The molecule has 1 aromatic carbocycles. The van der Waals surface area contributed by atoms with Crippen molar-refractivity contribution in [1.82, 2.24) is 4.90 Å². The summed E-state index contributed by atoms with van der Waals surface area (Å²) in [6.07, 6.45) is 0.627. The number of esters is 1. The lowest BCUT2D eigenvalue weighted by atomic mass is 10.0. The minimum atomic E-state index is -4.60. The van der Waals surface area contributed by atoms with E-state index in [0.29, 0.717) is 30.1 Å². The third kappa shape index (κ3) is 4.28. The number of methoxy groups -OCH3 is 1. The van der Waals surface area contributed by atoms with Crippen LogP contribution in [0.25, 0.3) is 0 Å². The Kier molecular flexibility index (Phi) is 5.72. The molecule has 0 aliphatic carbocycles. The Bertz CT molecular complexity index is 866. The van der Waals surface area contributed by atoms with E-state index < -0.39 is 19.8 Å². The molecule has 0 spiro atoms. The largest absolute Gasteiger partial charge is 0.525 e. The van der Waals surface area contributed by atoms with Gasteiger partial charge in [0.1, 0.15) is 6.04 Å². The number of carbonyl (C=O) groups is 1. The molecule has 1 aliphatic rings. The zero-order valence-electron chi connectivity index (χ0n) is 13.8. The topological polar surface area (TPSA) is 96.3 Å². The summed E-state index contributed by atoms with van der Waals surface area (Å²) in [7, 11) is -3.27. The van der Waals surface area contributed by atoms with Crippen LogP contribution in [0.5, 0.6) is 5.06 Å². The van der Waals surface area contributed by atoms with E-state index in [4.69, 9.17) is 26.1 Å². The number of halogens is 1. The van der Waals surface area contributed by atoms with E-state index in [9.17, 15) is 9.36 Å². The number of phosphoric ester groups is 1. The molecule has 3 rings (SSSR count). The van der Waals surface area contributed by atoms with Crippen LogP contribution in [0.2, 0.25) is 5.02 Å². The summed E-state index contributed by atoms with van der Waals surface area (Å²) in [5, 5.41) is 0.641. The predicted octanol–water partition coefficient (Wildman–Crippen LogP) is 3.15. The molecule has 1 aromatic heterocycles. The molecule has 1 atom stereocenters. The van der Waals surface area contributed by atoms with Crippen molar-refractivity contribution in [1.29, 1.82) is 0 Å².